The third-order valence-electron chi connectivity index (χ3n) is 3.95. The molecule has 146 valence electrons. The Bertz CT molecular complexity index is 807. The summed E-state index contributed by atoms with van der Waals surface area (Å²) in [6.07, 6.45) is -2.19. The maximum atomic E-state index is 13.5. The van der Waals surface area contributed by atoms with Crippen LogP contribution in [0.2, 0.25) is 0 Å². The van der Waals surface area contributed by atoms with Gasteiger partial charge in [0.1, 0.15) is 17.7 Å². The summed E-state index contributed by atoms with van der Waals surface area (Å²) in [5.74, 6) is -1.84. The van der Waals surface area contributed by atoms with Crippen molar-refractivity contribution in [3.8, 4) is 5.88 Å². The summed E-state index contributed by atoms with van der Waals surface area (Å²) in [7, 11) is 1.80. The van der Waals surface area contributed by atoms with Crippen molar-refractivity contribution in [3.05, 3.63) is 52.7 Å². The first-order valence-corrected chi connectivity index (χ1v) is 8.38. The van der Waals surface area contributed by atoms with Crippen molar-refractivity contribution in [3.63, 3.8) is 0 Å². The standard InChI is InChI=1S/C19H21F4N3O/c1-5-26(4)10-24-17-9-16(18(22)23)19(25-11(17)2)27-12(3)13-6-14(20)8-15(21)7-13/h6-10,12,18H,5H2,1-4H3/t12-/m1/s1. The van der Waals surface area contributed by atoms with Crippen LogP contribution in [0.25, 0.3) is 0 Å². The molecule has 1 aromatic heterocycles. The Kier molecular flexibility index (Phi) is 6.76. The highest BCUT2D eigenvalue weighted by Crippen LogP contribution is 2.35. The number of hydrogen-bond acceptors (Lipinski definition) is 3. The molecule has 8 heteroatoms. The largest absolute Gasteiger partial charge is 0.469 e. The molecule has 0 unspecified atom stereocenters. The van der Waals surface area contributed by atoms with E-state index in [9.17, 15) is 17.6 Å². The Morgan fingerprint density at radius 2 is 1.81 bits per heavy atom. The fourth-order valence-electron chi connectivity index (χ4n) is 2.26. The summed E-state index contributed by atoms with van der Waals surface area (Å²) < 4.78 is 59.2. The second-order valence-electron chi connectivity index (χ2n) is 6.07. The van der Waals surface area contributed by atoms with E-state index in [-0.39, 0.29) is 11.4 Å². The second kappa shape index (κ2) is 8.83. The molecule has 0 fully saturated rings. The van der Waals surface area contributed by atoms with Crippen molar-refractivity contribution < 1.29 is 22.3 Å². The van der Waals surface area contributed by atoms with Crippen LogP contribution < -0.4 is 4.74 Å². The summed E-state index contributed by atoms with van der Waals surface area (Å²) in [6, 6.07) is 4.11. The first-order valence-electron chi connectivity index (χ1n) is 8.38. The van der Waals surface area contributed by atoms with Crippen molar-refractivity contribution in [1.82, 2.24) is 9.88 Å². The van der Waals surface area contributed by atoms with Gasteiger partial charge in [0.2, 0.25) is 5.88 Å². The summed E-state index contributed by atoms with van der Waals surface area (Å²) in [6.45, 7) is 5.76. The van der Waals surface area contributed by atoms with Crippen LogP contribution in [0.5, 0.6) is 5.88 Å². The number of aryl methyl sites for hydroxylation is 1. The molecule has 0 aliphatic carbocycles. The number of benzene rings is 1. The van der Waals surface area contributed by atoms with E-state index in [2.05, 4.69) is 9.98 Å². The quantitative estimate of drug-likeness (QED) is 0.367. The van der Waals surface area contributed by atoms with E-state index in [1.807, 2.05) is 6.92 Å². The van der Waals surface area contributed by atoms with Gasteiger partial charge in [-0.2, -0.15) is 0 Å². The van der Waals surface area contributed by atoms with Crippen LogP contribution in [0.1, 0.15) is 43.2 Å². The van der Waals surface area contributed by atoms with E-state index < -0.39 is 29.7 Å². The highest BCUT2D eigenvalue weighted by Gasteiger charge is 2.21. The van der Waals surface area contributed by atoms with E-state index in [1.165, 1.54) is 19.3 Å². The molecule has 0 spiro atoms. The van der Waals surface area contributed by atoms with Crippen molar-refractivity contribution in [2.75, 3.05) is 13.6 Å². The molecule has 2 rings (SSSR count). The zero-order valence-electron chi connectivity index (χ0n) is 15.5. The molecule has 0 N–H and O–H groups in total. The van der Waals surface area contributed by atoms with Gasteiger partial charge in [-0.25, -0.2) is 27.5 Å². The Morgan fingerprint density at radius 1 is 1.19 bits per heavy atom. The molecule has 27 heavy (non-hydrogen) atoms. The summed E-state index contributed by atoms with van der Waals surface area (Å²) in [4.78, 5) is 10.0. The lowest BCUT2D eigenvalue weighted by Gasteiger charge is -2.18. The third-order valence-corrected chi connectivity index (χ3v) is 3.95. The molecule has 4 nitrogen and oxygen atoms in total. The zero-order valence-corrected chi connectivity index (χ0v) is 15.5. The predicted octanol–water partition coefficient (Wildman–Crippen LogP) is 5.36. The molecule has 1 atom stereocenters. The van der Waals surface area contributed by atoms with Gasteiger partial charge in [-0.05, 0) is 44.5 Å². The second-order valence-corrected chi connectivity index (χ2v) is 6.07. The van der Waals surface area contributed by atoms with Crippen LogP contribution in [-0.2, 0) is 0 Å². The molecule has 1 heterocycles. The van der Waals surface area contributed by atoms with E-state index in [0.717, 1.165) is 18.2 Å². The van der Waals surface area contributed by atoms with Gasteiger partial charge in [0.25, 0.3) is 6.43 Å². The van der Waals surface area contributed by atoms with Gasteiger partial charge in [-0.15, -0.1) is 0 Å². The molecule has 0 saturated heterocycles. The number of pyridine rings is 1. The summed E-state index contributed by atoms with van der Waals surface area (Å²) in [5.41, 5.74) is 0.435. The lowest BCUT2D eigenvalue weighted by atomic mass is 10.1. The molecule has 0 aliphatic heterocycles. The van der Waals surface area contributed by atoms with Gasteiger partial charge in [0, 0.05) is 19.7 Å². The number of alkyl halides is 2. The maximum Gasteiger partial charge on any atom is 0.269 e. The SMILES string of the molecule is CCN(C)C=Nc1cc(C(F)F)c(O[C@H](C)c2cc(F)cc(F)c2)nc1C. The fourth-order valence-corrected chi connectivity index (χ4v) is 2.26. The first-order chi connectivity index (χ1) is 12.7. The van der Waals surface area contributed by atoms with E-state index in [4.69, 9.17) is 4.74 Å². The van der Waals surface area contributed by atoms with Gasteiger partial charge in [0.05, 0.1) is 23.3 Å². The van der Waals surface area contributed by atoms with Crippen LogP contribution in [-0.4, -0.2) is 29.8 Å². The molecule has 0 aliphatic rings. The number of halogens is 4. The lowest BCUT2D eigenvalue weighted by molar-refractivity contribution is 0.136. The number of rotatable bonds is 7. The number of aromatic nitrogens is 1. The van der Waals surface area contributed by atoms with Gasteiger partial charge in [-0.3, -0.25) is 0 Å². The van der Waals surface area contributed by atoms with E-state index in [1.54, 1.807) is 18.9 Å². The molecular formula is C19H21F4N3O. The van der Waals surface area contributed by atoms with Gasteiger partial charge >= 0.3 is 0 Å². The van der Waals surface area contributed by atoms with E-state index in [0.29, 0.717) is 17.9 Å². The molecule has 0 bridgehead atoms. The average molecular weight is 383 g/mol. The minimum atomic E-state index is -2.84. The minimum absolute atomic E-state index is 0.179. The van der Waals surface area contributed by atoms with Crippen molar-refractivity contribution in [1.29, 1.82) is 0 Å². The third kappa shape index (κ3) is 5.42. The van der Waals surface area contributed by atoms with Crippen LogP contribution in [0.4, 0.5) is 23.2 Å². The Balaban J connectivity index is 2.35. The van der Waals surface area contributed by atoms with Crippen molar-refractivity contribution in [2.45, 2.75) is 33.3 Å². The molecule has 1 aromatic carbocycles. The number of nitrogens with zero attached hydrogens (tertiary/aromatic N) is 3. The zero-order chi connectivity index (χ0) is 20.1. The molecule has 2 aromatic rings. The number of ether oxygens (including phenoxy) is 1. The van der Waals surface area contributed by atoms with E-state index >= 15 is 0 Å². The smallest absolute Gasteiger partial charge is 0.269 e. The van der Waals surface area contributed by atoms with Crippen LogP contribution in [0.15, 0.2) is 29.3 Å². The lowest BCUT2D eigenvalue weighted by Crippen LogP contribution is -2.14. The predicted molar refractivity (Wildman–Crippen MR) is 95.8 cm³/mol. The Labute approximate surface area is 155 Å². The van der Waals surface area contributed by atoms with Gasteiger partial charge < -0.3 is 9.64 Å². The average Bonchev–Trinajstić information content (AvgIpc) is 2.59. The van der Waals surface area contributed by atoms with Gasteiger partial charge in [0.15, 0.2) is 0 Å². The normalized spacial score (nSPS) is 12.6. The molecule has 0 radical (unpaired) electrons. The van der Waals surface area contributed by atoms with Crippen LogP contribution in [0.3, 0.4) is 0 Å². The van der Waals surface area contributed by atoms with Crippen LogP contribution >= 0.6 is 0 Å². The fraction of sp³-hybridized carbons (Fsp3) is 0.368. The van der Waals surface area contributed by atoms with Crippen molar-refractivity contribution >= 4 is 12.0 Å². The minimum Gasteiger partial charge on any atom is -0.469 e. The topological polar surface area (TPSA) is 37.7 Å². The highest BCUT2D eigenvalue weighted by atomic mass is 19.3. The Morgan fingerprint density at radius 3 is 2.37 bits per heavy atom. The maximum absolute atomic E-state index is 13.5. The number of aliphatic imine (C=N–C) groups is 1. The van der Waals surface area contributed by atoms with Crippen LogP contribution in [0, 0.1) is 18.6 Å². The molecule has 0 saturated carbocycles. The Hall–Kier alpha value is -2.64. The summed E-state index contributed by atoms with van der Waals surface area (Å²) >= 11 is 0. The monoisotopic (exact) mass is 383 g/mol. The van der Waals surface area contributed by atoms with Gasteiger partial charge in [-0.1, -0.05) is 0 Å². The first kappa shape index (κ1) is 20.7. The molecule has 0 amide bonds. The van der Waals surface area contributed by atoms with Crippen molar-refractivity contribution in [2.24, 2.45) is 4.99 Å². The highest BCUT2D eigenvalue weighted by molar-refractivity contribution is 5.63. The number of hydrogen-bond donors (Lipinski definition) is 0. The summed E-state index contributed by atoms with van der Waals surface area (Å²) in [5, 5.41) is 0. The molecular weight excluding hydrogens is 362 g/mol.